The fourth-order valence-electron chi connectivity index (χ4n) is 4.80. The molecule has 1 aliphatic carbocycles. The van der Waals surface area contributed by atoms with Crippen molar-refractivity contribution in [3.63, 3.8) is 0 Å². The van der Waals surface area contributed by atoms with Crippen LogP contribution in [0.4, 0.5) is 4.79 Å². The second kappa shape index (κ2) is 10.2. The van der Waals surface area contributed by atoms with Crippen molar-refractivity contribution >= 4 is 17.7 Å². The SMILES string of the molecule is CC(C)(C)OC(=O)NC(c1cccc(Cl)c1)(C1CCCCC1)n1nc(-c2ccncc2)ccc1=O. The molecule has 1 atom stereocenters. The van der Waals surface area contributed by atoms with Gasteiger partial charge in [0.25, 0.3) is 5.56 Å². The maximum absolute atomic E-state index is 13.5. The van der Waals surface area contributed by atoms with Crippen LogP contribution >= 0.6 is 11.6 Å². The fourth-order valence-corrected chi connectivity index (χ4v) is 4.99. The zero-order chi connectivity index (χ0) is 25.1. The number of ether oxygens (including phenoxy) is 1. The van der Waals surface area contributed by atoms with Crippen LogP contribution in [0.1, 0.15) is 58.4 Å². The predicted octanol–water partition coefficient (Wildman–Crippen LogP) is 5.76. The molecule has 1 saturated carbocycles. The molecular weight excluding hydrogens is 464 g/mol. The molecule has 184 valence electrons. The summed E-state index contributed by atoms with van der Waals surface area (Å²) >= 11 is 6.43. The minimum atomic E-state index is -1.28. The van der Waals surface area contributed by atoms with Crippen molar-refractivity contribution in [1.82, 2.24) is 20.1 Å². The predicted molar refractivity (Wildman–Crippen MR) is 136 cm³/mol. The lowest BCUT2D eigenvalue weighted by Gasteiger charge is -2.44. The third-order valence-electron chi connectivity index (χ3n) is 6.26. The molecule has 35 heavy (non-hydrogen) atoms. The van der Waals surface area contributed by atoms with E-state index in [1.807, 2.05) is 45.0 Å². The summed E-state index contributed by atoms with van der Waals surface area (Å²) in [6.07, 6.45) is 7.45. The molecule has 1 aliphatic rings. The summed E-state index contributed by atoms with van der Waals surface area (Å²) in [6, 6.07) is 14.1. The van der Waals surface area contributed by atoms with Crippen LogP contribution in [0, 0.1) is 5.92 Å². The molecule has 0 aliphatic heterocycles. The summed E-state index contributed by atoms with van der Waals surface area (Å²) in [6.45, 7) is 5.42. The zero-order valence-electron chi connectivity index (χ0n) is 20.3. The van der Waals surface area contributed by atoms with E-state index in [0.717, 1.165) is 37.7 Å². The second-order valence-corrected chi connectivity index (χ2v) is 10.4. The van der Waals surface area contributed by atoms with Crippen LogP contribution in [0.15, 0.2) is 65.7 Å². The molecule has 1 fully saturated rings. The van der Waals surface area contributed by atoms with E-state index in [0.29, 0.717) is 16.3 Å². The van der Waals surface area contributed by atoms with Gasteiger partial charge in [-0.1, -0.05) is 43.0 Å². The van der Waals surface area contributed by atoms with Gasteiger partial charge >= 0.3 is 6.09 Å². The lowest BCUT2D eigenvalue weighted by molar-refractivity contribution is 0.0281. The van der Waals surface area contributed by atoms with E-state index < -0.39 is 17.4 Å². The summed E-state index contributed by atoms with van der Waals surface area (Å²) in [7, 11) is 0. The zero-order valence-corrected chi connectivity index (χ0v) is 21.1. The molecule has 1 amide bonds. The maximum atomic E-state index is 13.5. The average molecular weight is 495 g/mol. The number of aromatic nitrogens is 3. The van der Waals surface area contributed by atoms with Crippen molar-refractivity contribution in [1.29, 1.82) is 0 Å². The summed E-state index contributed by atoms with van der Waals surface area (Å²) in [4.78, 5) is 30.9. The molecule has 0 radical (unpaired) electrons. The molecule has 1 aromatic carbocycles. The van der Waals surface area contributed by atoms with E-state index in [4.69, 9.17) is 21.4 Å². The maximum Gasteiger partial charge on any atom is 0.409 e. The van der Waals surface area contributed by atoms with E-state index in [2.05, 4.69) is 10.3 Å². The van der Waals surface area contributed by atoms with Gasteiger partial charge in [-0.15, -0.1) is 0 Å². The van der Waals surface area contributed by atoms with Gasteiger partial charge in [0.15, 0.2) is 5.66 Å². The van der Waals surface area contributed by atoms with Crippen LogP contribution in [-0.4, -0.2) is 26.5 Å². The molecule has 2 heterocycles. The van der Waals surface area contributed by atoms with Gasteiger partial charge in [-0.25, -0.2) is 4.79 Å². The minimum absolute atomic E-state index is 0.0971. The number of hydrogen-bond acceptors (Lipinski definition) is 5. The number of amides is 1. The number of benzene rings is 1. The third kappa shape index (κ3) is 5.56. The van der Waals surface area contributed by atoms with Crippen LogP contribution in [0.2, 0.25) is 5.02 Å². The molecule has 8 heteroatoms. The number of pyridine rings is 1. The number of hydrogen-bond donors (Lipinski definition) is 1. The number of nitrogens with zero attached hydrogens (tertiary/aromatic N) is 3. The van der Waals surface area contributed by atoms with Gasteiger partial charge in [0.1, 0.15) is 5.60 Å². The van der Waals surface area contributed by atoms with Crippen molar-refractivity contribution in [3.05, 3.63) is 81.9 Å². The van der Waals surface area contributed by atoms with Crippen LogP contribution in [-0.2, 0) is 10.4 Å². The molecular formula is C27H31ClN4O3. The molecule has 0 spiro atoms. The van der Waals surface area contributed by atoms with Crippen LogP contribution in [0.3, 0.4) is 0 Å². The summed E-state index contributed by atoms with van der Waals surface area (Å²) in [5.41, 5.74) is -0.231. The topological polar surface area (TPSA) is 86.1 Å². The van der Waals surface area contributed by atoms with Crippen molar-refractivity contribution in [2.24, 2.45) is 5.92 Å². The highest BCUT2D eigenvalue weighted by atomic mass is 35.5. The lowest BCUT2D eigenvalue weighted by Crippen LogP contribution is -2.61. The average Bonchev–Trinajstić information content (AvgIpc) is 2.83. The Labute approximate surface area is 210 Å². The summed E-state index contributed by atoms with van der Waals surface area (Å²) in [5, 5.41) is 8.42. The van der Waals surface area contributed by atoms with Gasteiger partial charge in [-0.05, 0) is 63.9 Å². The number of nitrogens with one attached hydrogen (secondary N) is 1. The van der Waals surface area contributed by atoms with Gasteiger partial charge < -0.3 is 4.74 Å². The first-order valence-corrected chi connectivity index (χ1v) is 12.4. The summed E-state index contributed by atoms with van der Waals surface area (Å²) < 4.78 is 7.09. The fraction of sp³-hybridized carbons (Fsp3) is 0.407. The Morgan fingerprint density at radius 1 is 1.06 bits per heavy atom. The smallest absolute Gasteiger partial charge is 0.409 e. The van der Waals surface area contributed by atoms with E-state index in [1.165, 1.54) is 10.7 Å². The Hall–Kier alpha value is -3.19. The first-order chi connectivity index (χ1) is 16.7. The first kappa shape index (κ1) is 24.9. The Morgan fingerprint density at radius 2 is 1.77 bits per heavy atom. The molecule has 7 nitrogen and oxygen atoms in total. The van der Waals surface area contributed by atoms with Crippen molar-refractivity contribution in [3.8, 4) is 11.3 Å². The van der Waals surface area contributed by atoms with E-state index in [9.17, 15) is 9.59 Å². The molecule has 4 rings (SSSR count). The number of carbonyl (C=O) groups excluding carboxylic acids is 1. The molecule has 0 bridgehead atoms. The minimum Gasteiger partial charge on any atom is -0.444 e. The Morgan fingerprint density at radius 3 is 2.43 bits per heavy atom. The van der Waals surface area contributed by atoms with Crippen LogP contribution in [0.5, 0.6) is 0 Å². The summed E-state index contributed by atoms with van der Waals surface area (Å²) in [5.74, 6) is -0.0971. The second-order valence-electron chi connectivity index (χ2n) is 9.94. The molecule has 3 aromatic rings. The molecule has 1 unspecified atom stereocenters. The Balaban J connectivity index is 1.97. The van der Waals surface area contributed by atoms with Gasteiger partial charge in [0.2, 0.25) is 0 Å². The van der Waals surface area contributed by atoms with Gasteiger partial charge in [0, 0.05) is 40.5 Å². The highest BCUT2D eigenvalue weighted by Gasteiger charge is 2.47. The first-order valence-electron chi connectivity index (χ1n) is 12.0. The number of carbonyl (C=O) groups is 1. The molecule has 1 N–H and O–H groups in total. The standard InChI is InChI=1S/C27H31ClN4O3/c1-26(2,3)35-25(34)30-27(20-8-5-4-6-9-20,21-10-7-11-22(28)18-21)32-24(33)13-12-23(31-32)19-14-16-29-17-15-19/h7,10-18,20H,4-6,8-9H2,1-3H3,(H,30,34). The monoisotopic (exact) mass is 494 g/mol. The van der Waals surface area contributed by atoms with Crippen molar-refractivity contribution in [2.45, 2.75) is 64.1 Å². The van der Waals surface area contributed by atoms with E-state index in [-0.39, 0.29) is 11.5 Å². The lowest BCUT2D eigenvalue weighted by atomic mass is 9.76. The normalized spacial score (nSPS) is 16.3. The Bertz CT molecular complexity index is 1230. The van der Waals surface area contributed by atoms with Gasteiger partial charge in [0.05, 0.1) is 5.69 Å². The quantitative estimate of drug-likeness (QED) is 0.487. The van der Waals surface area contributed by atoms with Crippen LogP contribution in [0.25, 0.3) is 11.3 Å². The van der Waals surface area contributed by atoms with E-state index in [1.54, 1.807) is 30.6 Å². The molecule has 0 saturated heterocycles. The van der Waals surface area contributed by atoms with Crippen molar-refractivity contribution in [2.75, 3.05) is 0 Å². The largest absolute Gasteiger partial charge is 0.444 e. The van der Waals surface area contributed by atoms with Crippen LogP contribution < -0.4 is 10.9 Å². The highest BCUT2D eigenvalue weighted by Crippen LogP contribution is 2.41. The Kier molecular flexibility index (Phi) is 7.26. The van der Waals surface area contributed by atoms with E-state index >= 15 is 0 Å². The third-order valence-corrected chi connectivity index (χ3v) is 6.50. The molecule has 2 aromatic heterocycles. The van der Waals surface area contributed by atoms with Crippen molar-refractivity contribution < 1.29 is 9.53 Å². The van der Waals surface area contributed by atoms with Gasteiger partial charge in [-0.2, -0.15) is 9.78 Å². The number of rotatable bonds is 5. The highest BCUT2D eigenvalue weighted by molar-refractivity contribution is 6.30. The number of halogens is 1. The van der Waals surface area contributed by atoms with Gasteiger partial charge in [-0.3, -0.25) is 15.1 Å². The number of alkyl carbamates (subject to hydrolysis) is 1.